The van der Waals surface area contributed by atoms with Crippen molar-refractivity contribution in [1.82, 2.24) is 5.32 Å². The van der Waals surface area contributed by atoms with E-state index in [4.69, 9.17) is 52.1 Å². The first-order valence-electron chi connectivity index (χ1n) is 31.1. The number of carbonyl (C=O) groups excluding carboxylic acids is 1. The topological polar surface area (TPSA) is 168 Å². The average Bonchev–Trinajstić information content (AvgIpc) is 0.838. The highest BCUT2D eigenvalue weighted by molar-refractivity contribution is 5.95. The molecule has 8 aromatic rings. The summed E-state index contributed by atoms with van der Waals surface area (Å²) < 4.78 is 78.0. The van der Waals surface area contributed by atoms with Crippen LogP contribution in [0.3, 0.4) is 0 Å². The molecule has 0 spiro atoms. The summed E-state index contributed by atoms with van der Waals surface area (Å²) in [6, 6.07) is 75.9. The minimum Gasteiger partial charge on any atom is -0.478 e. The zero-order valence-electron chi connectivity index (χ0n) is 50.7. The number of carboxylic acids is 1. The lowest BCUT2D eigenvalue weighted by Gasteiger charge is -2.50. The Kier molecular flexibility index (Phi) is 25.8. The Morgan fingerprint density at radius 2 is 0.678 bits per heavy atom. The van der Waals surface area contributed by atoms with Gasteiger partial charge in [0, 0.05) is 18.7 Å². The minimum atomic E-state index is -1.15. The second-order valence-corrected chi connectivity index (χ2v) is 22.4. The lowest BCUT2D eigenvalue weighted by molar-refractivity contribution is -0.377. The van der Waals surface area contributed by atoms with E-state index in [-0.39, 0.29) is 57.7 Å². The number of amides is 1. The van der Waals surface area contributed by atoms with Gasteiger partial charge in [0.25, 0.3) is 5.91 Å². The van der Waals surface area contributed by atoms with E-state index in [2.05, 4.69) is 5.32 Å². The van der Waals surface area contributed by atoms with Gasteiger partial charge in [-0.15, -0.1) is 0 Å². The smallest absolute Gasteiger partial charge is 0.335 e. The molecule has 2 N–H and O–H groups in total. The highest BCUT2D eigenvalue weighted by Gasteiger charge is 2.55. The number of nitrogens with one attached hydrogen (secondary N) is 1. The first-order chi connectivity index (χ1) is 44.4. The van der Waals surface area contributed by atoms with Crippen molar-refractivity contribution in [1.29, 1.82) is 0 Å². The molecule has 10 atom stereocenters. The fourth-order valence-corrected chi connectivity index (χ4v) is 10.9. The first-order valence-corrected chi connectivity index (χ1v) is 31.1. The third-order valence-electron chi connectivity index (χ3n) is 15.7. The van der Waals surface area contributed by atoms with Gasteiger partial charge in [-0.05, 0) is 76.1 Å². The fraction of sp³-hybridized carbons (Fsp3) is 0.333. The van der Waals surface area contributed by atoms with Crippen LogP contribution in [0.15, 0.2) is 237 Å². The van der Waals surface area contributed by atoms with Gasteiger partial charge < -0.3 is 62.5 Å². The molecule has 2 saturated heterocycles. The lowest BCUT2D eigenvalue weighted by atomic mass is 9.95. The highest BCUT2D eigenvalue weighted by Crippen LogP contribution is 2.37. The third-order valence-corrected chi connectivity index (χ3v) is 15.7. The van der Waals surface area contributed by atoms with E-state index in [0.717, 1.165) is 58.2 Å². The highest BCUT2D eigenvalue weighted by atomic mass is 16.8. The molecular weight excluding hydrogens is 1140 g/mol. The van der Waals surface area contributed by atoms with E-state index in [1.54, 1.807) is 0 Å². The summed E-state index contributed by atoms with van der Waals surface area (Å²) in [7, 11) is 0. The van der Waals surface area contributed by atoms with Crippen LogP contribution in [0.2, 0.25) is 0 Å². The summed E-state index contributed by atoms with van der Waals surface area (Å²) in [5.41, 5.74) is 7.27. The van der Waals surface area contributed by atoms with Crippen LogP contribution >= 0.6 is 0 Å². The minimum absolute atomic E-state index is 0.0636. The molecule has 90 heavy (non-hydrogen) atoms. The molecule has 2 aliphatic heterocycles. The van der Waals surface area contributed by atoms with Crippen LogP contribution in [-0.2, 0) is 98.4 Å². The summed E-state index contributed by atoms with van der Waals surface area (Å²) in [6.45, 7) is 2.65. The maximum Gasteiger partial charge on any atom is 0.335 e. The maximum atomic E-state index is 12.9. The van der Waals surface area contributed by atoms with E-state index in [1.165, 1.54) is 24.3 Å². The molecule has 0 saturated carbocycles. The van der Waals surface area contributed by atoms with E-state index in [9.17, 15) is 14.7 Å². The van der Waals surface area contributed by atoms with Crippen molar-refractivity contribution in [3.05, 3.63) is 287 Å². The van der Waals surface area contributed by atoms with Gasteiger partial charge >= 0.3 is 5.97 Å². The monoisotopic (exact) mass is 1220 g/mol. The van der Waals surface area contributed by atoms with Crippen LogP contribution in [0.25, 0.3) is 0 Å². The average molecular weight is 1220 g/mol. The molecule has 0 bridgehead atoms. The normalized spacial score (nSPS) is 21.6. The summed E-state index contributed by atoms with van der Waals surface area (Å²) >= 11 is 0. The van der Waals surface area contributed by atoms with Gasteiger partial charge in [0.2, 0.25) is 0 Å². The third kappa shape index (κ3) is 20.1. The number of hydrogen-bond donors (Lipinski definition) is 2. The van der Waals surface area contributed by atoms with Crippen molar-refractivity contribution in [2.24, 2.45) is 0 Å². The molecule has 15 nitrogen and oxygen atoms in total. The molecule has 2 fully saturated rings. The Morgan fingerprint density at radius 3 is 1.10 bits per heavy atom. The van der Waals surface area contributed by atoms with Crippen molar-refractivity contribution in [3.8, 4) is 0 Å². The van der Waals surface area contributed by atoms with Crippen LogP contribution in [0.1, 0.15) is 85.3 Å². The lowest BCUT2D eigenvalue weighted by Crippen LogP contribution is -2.66. The van der Waals surface area contributed by atoms with Crippen molar-refractivity contribution in [2.45, 2.75) is 133 Å². The van der Waals surface area contributed by atoms with Gasteiger partial charge in [-0.25, -0.2) is 4.79 Å². The van der Waals surface area contributed by atoms with Crippen LogP contribution in [0.5, 0.6) is 0 Å². The molecular formula is C75H81NO14. The number of ether oxygens (including phenoxy) is 11. The number of carboxylic acid groups (broad SMARTS) is 1. The van der Waals surface area contributed by atoms with Crippen LogP contribution in [-0.4, -0.2) is 105 Å². The number of carbonyl (C=O) groups is 2. The summed E-state index contributed by atoms with van der Waals surface area (Å²) in [5.74, 6) is -1.30. The Bertz CT molecular complexity index is 3280. The van der Waals surface area contributed by atoms with Crippen LogP contribution in [0, 0.1) is 0 Å². The van der Waals surface area contributed by atoms with Gasteiger partial charge in [-0.3, -0.25) is 4.79 Å². The van der Waals surface area contributed by atoms with Gasteiger partial charge in [0.1, 0.15) is 48.8 Å². The van der Waals surface area contributed by atoms with E-state index >= 15 is 0 Å². The molecule has 0 aromatic heterocycles. The van der Waals surface area contributed by atoms with Gasteiger partial charge in [0.05, 0.1) is 65.0 Å². The number of benzene rings is 8. The van der Waals surface area contributed by atoms with Gasteiger partial charge in [0.15, 0.2) is 12.6 Å². The number of unbranched alkanes of at least 4 members (excludes halogenated alkanes) is 3. The number of hydrogen-bond acceptors (Lipinski definition) is 13. The molecule has 1 amide bonds. The Morgan fingerprint density at radius 1 is 0.344 bits per heavy atom. The molecule has 10 rings (SSSR count). The molecule has 1 unspecified atom stereocenters. The molecule has 2 heterocycles. The zero-order valence-corrected chi connectivity index (χ0v) is 50.7. The second kappa shape index (κ2) is 35.6. The Hall–Kier alpha value is -7.74. The predicted molar refractivity (Wildman–Crippen MR) is 340 cm³/mol. The summed E-state index contributed by atoms with van der Waals surface area (Å²) in [5, 5.41) is 12.2. The number of aromatic carboxylic acids is 1. The molecule has 0 aliphatic carbocycles. The maximum absolute atomic E-state index is 12.9. The summed E-state index contributed by atoms with van der Waals surface area (Å²) in [6.07, 6.45) is -5.80. The van der Waals surface area contributed by atoms with Gasteiger partial charge in [-0.1, -0.05) is 225 Å². The van der Waals surface area contributed by atoms with Crippen molar-refractivity contribution >= 4 is 11.9 Å². The molecule has 8 aromatic carbocycles. The largest absolute Gasteiger partial charge is 0.478 e. The van der Waals surface area contributed by atoms with Crippen molar-refractivity contribution in [3.63, 3.8) is 0 Å². The van der Waals surface area contributed by atoms with Crippen molar-refractivity contribution in [2.75, 3.05) is 26.4 Å². The van der Waals surface area contributed by atoms with E-state index < -0.39 is 67.4 Å². The number of rotatable bonds is 35. The standard InChI is InChI=1S/C75H81NO14/c77-72(62-40-42-63(43-41-62)73(78)79)76-44-24-1-2-25-45-82-74-70(86-51-60-36-20-8-21-37-60)69(85-50-59-34-18-7-19-35-59)67(65(88-74)54-81-47-56-28-12-4-13-29-56)90-75-71(87-52-61-38-22-9-23-39-61)68(84-49-58-32-16-6-17-33-58)66(83-48-57-30-14-5-15-31-57)64(89-75)53-80-46-55-26-10-3-11-27-55/h3-23,26-43,64-71,74-75H,1-2,24-25,44-54H2,(H,76,77)(H,78,79)/t64-,65-,66+,67-,68+,69+,70-,71-,74?,75+/m1/s1. The second-order valence-electron chi connectivity index (χ2n) is 22.4. The quantitative estimate of drug-likeness (QED) is 0.0360. The molecule has 0 radical (unpaired) electrons. The predicted octanol–water partition coefficient (Wildman–Crippen LogP) is 12.9. The molecule has 470 valence electrons. The Balaban J connectivity index is 0.975. The van der Waals surface area contributed by atoms with Crippen LogP contribution < -0.4 is 5.32 Å². The van der Waals surface area contributed by atoms with Crippen LogP contribution in [0.4, 0.5) is 0 Å². The van der Waals surface area contributed by atoms with Gasteiger partial charge in [-0.2, -0.15) is 0 Å². The molecule has 2 aliphatic rings. The Labute approximate surface area is 528 Å². The van der Waals surface area contributed by atoms with Crippen molar-refractivity contribution < 1.29 is 66.8 Å². The summed E-state index contributed by atoms with van der Waals surface area (Å²) in [4.78, 5) is 24.2. The van der Waals surface area contributed by atoms with E-state index in [1.807, 2.05) is 212 Å². The first kappa shape index (κ1) is 65.2. The SMILES string of the molecule is O=C(O)c1ccc(C(=O)NCCCCCCOC2O[C@H](COCc3ccccc3)[C@@H](O[C@@H]3O[C@H](COCc4ccccc4)[C@H](OCc4ccccc4)[C@H](OCc4ccccc4)[C@H]3OCc3ccccc3)[C@H](OCc3ccccc3)[C@H]2OCc2ccccc2)cc1. The zero-order chi connectivity index (χ0) is 61.8. The van der Waals surface area contributed by atoms with E-state index in [0.29, 0.717) is 38.3 Å². The molecule has 15 heteroatoms. The fourth-order valence-electron chi connectivity index (χ4n) is 10.9.